The lowest BCUT2D eigenvalue weighted by molar-refractivity contribution is 0.368. The van der Waals surface area contributed by atoms with Gasteiger partial charge in [-0.1, -0.05) is 50.8 Å². The zero-order chi connectivity index (χ0) is 17.6. The van der Waals surface area contributed by atoms with Crippen LogP contribution in [0.4, 0.5) is 17.3 Å². The van der Waals surface area contributed by atoms with E-state index in [1.165, 1.54) is 49.2 Å². The fourth-order valence-electron chi connectivity index (χ4n) is 1.77. The summed E-state index contributed by atoms with van der Waals surface area (Å²) < 4.78 is 42.7. The Kier molecular flexibility index (Phi) is 13.9. The van der Waals surface area contributed by atoms with Crippen LogP contribution in [0.25, 0.3) is 0 Å². The van der Waals surface area contributed by atoms with Gasteiger partial charge < -0.3 is 17.3 Å². The molecule has 23 heavy (non-hydrogen) atoms. The number of aryl methyl sites for hydroxylation is 1. The molecule has 0 bridgehead atoms. The quantitative estimate of drug-likeness (QED) is 0.138. The molecule has 132 valence electrons. The second-order valence-electron chi connectivity index (χ2n) is 4.81. The van der Waals surface area contributed by atoms with Crippen molar-refractivity contribution >= 4 is 41.7 Å². The van der Waals surface area contributed by atoms with E-state index in [4.69, 9.17) is 5.26 Å². The van der Waals surface area contributed by atoms with Crippen molar-refractivity contribution in [2.75, 3.05) is 5.75 Å². The summed E-state index contributed by atoms with van der Waals surface area (Å²) in [6, 6.07) is 2.21. The third-order valence-corrected chi connectivity index (χ3v) is 6.52. The molecule has 1 heterocycles. The van der Waals surface area contributed by atoms with Gasteiger partial charge in [0.1, 0.15) is 0 Å². The fraction of sp³-hybridized carbons (Fsp3) is 0.714. The Labute approximate surface area is 148 Å². The van der Waals surface area contributed by atoms with Crippen LogP contribution in [-0.4, -0.2) is 13.0 Å². The molecule has 0 fully saturated rings. The molecule has 0 saturated heterocycles. The molecule has 1 aromatic heterocycles. The largest absolute Gasteiger partial charge is 0.673 e. The zero-order valence-electron chi connectivity index (χ0n) is 13.2. The monoisotopic (exact) mass is 387 g/mol. The fourth-order valence-corrected chi connectivity index (χ4v) is 5.50. The predicted molar refractivity (Wildman–Crippen MR) is 94.8 cm³/mol. The molecule has 0 saturated carbocycles. The standard InChI is InChI=1S/C14H22NS3.BF4/c1-2-3-4-5-6-7-9-13-14(18-12-17-13)16-11-8-10-15;2-1(3,4)5/h12H,2-9,11H2,1H3;/q+1;-1. The average Bonchev–Trinajstić information content (AvgIpc) is 2.89. The smallest absolute Gasteiger partial charge is 0.418 e. The molecule has 1 aromatic rings. The van der Waals surface area contributed by atoms with Gasteiger partial charge in [-0.3, -0.25) is 0 Å². The SMILES string of the molecule is CCCCCCCCc1sc[s+]c1SCCC#N.F[B-](F)(F)F. The summed E-state index contributed by atoms with van der Waals surface area (Å²) in [4.78, 5) is 1.54. The minimum Gasteiger partial charge on any atom is -0.418 e. The van der Waals surface area contributed by atoms with E-state index in [-0.39, 0.29) is 0 Å². The molecule has 0 N–H and O–H groups in total. The molecule has 1 nitrogen and oxygen atoms in total. The van der Waals surface area contributed by atoms with Crippen molar-refractivity contribution in [1.82, 2.24) is 0 Å². The first-order valence-electron chi connectivity index (χ1n) is 7.63. The van der Waals surface area contributed by atoms with Crippen molar-refractivity contribution in [3.8, 4) is 6.07 Å². The summed E-state index contributed by atoms with van der Waals surface area (Å²) >= 11 is 5.59. The normalized spacial score (nSPS) is 10.8. The number of hydrogen-bond donors (Lipinski definition) is 0. The molecule has 0 unspecified atom stereocenters. The van der Waals surface area contributed by atoms with Crippen LogP contribution in [0.15, 0.2) is 8.90 Å². The average molecular weight is 387 g/mol. The highest BCUT2D eigenvalue weighted by Gasteiger charge is 2.20. The van der Waals surface area contributed by atoms with Crippen LogP contribution < -0.4 is 0 Å². The number of thioether (sulfide) groups is 1. The molecule has 9 heteroatoms. The van der Waals surface area contributed by atoms with Gasteiger partial charge in [0.25, 0.3) is 0 Å². The van der Waals surface area contributed by atoms with Crippen LogP contribution in [0.5, 0.6) is 0 Å². The zero-order valence-corrected chi connectivity index (χ0v) is 15.7. The number of unbranched alkanes of at least 4 members (excludes halogenated alkanes) is 5. The van der Waals surface area contributed by atoms with Crippen LogP contribution in [0.2, 0.25) is 0 Å². The second-order valence-corrected chi connectivity index (χ2v) is 8.32. The van der Waals surface area contributed by atoms with Crippen LogP contribution >= 0.6 is 34.4 Å². The molecule has 0 spiro atoms. The summed E-state index contributed by atoms with van der Waals surface area (Å²) in [6.45, 7) is 2.26. The number of nitrogens with zero attached hydrogens (tertiary/aromatic N) is 1. The third-order valence-electron chi connectivity index (χ3n) is 2.78. The number of nitriles is 1. The van der Waals surface area contributed by atoms with Gasteiger partial charge in [-0.05, 0) is 6.42 Å². The lowest BCUT2D eigenvalue weighted by Crippen LogP contribution is -2.02. The highest BCUT2D eigenvalue weighted by Crippen LogP contribution is 2.33. The van der Waals surface area contributed by atoms with E-state index in [1.54, 1.807) is 4.88 Å². The van der Waals surface area contributed by atoms with Gasteiger partial charge in [0.15, 0.2) is 9.09 Å². The van der Waals surface area contributed by atoms with Gasteiger partial charge in [0.05, 0.1) is 28.7 Å². The topological polar surface area (TPSA) is 23.8 Å². The van der Waals surface area contributed by atoms with Gasteiger partial charge in [0.2, 0.25) is 4.69 Å². The molecular weight excluding hydrogens is 365 g/mol. The maximum absolute atomic E-state index is 9.75. The summed E-state index contributed by atoms with van der Waals surface area (Å²) in [5, 5.41) is 8.55. The number of rotatable bonds is 10. The summed E-state index contributed by atoms with van der Waals surface area (Å²) in [6.07, 6.45) is 10.1. The van der Waals surface area contributed by atoms with Crippen LogP contribution in [0.3, 0.4) is 0 Å². The molecular formula is C14H22BF4NS3. The van der Waals surface area contributed by atoms with Gasteiger partial charge >= 0.3 is 7.25 Å². The van der Waals surface area contributed by atoms with E-state index in [0.717, 1.165) is 5.75 Å². The van der Waals surface area contributed by atoms with E-state index >= 15 is 0 Å². The molecule has 0 radical (unpaired) electrons. The van der Waals surface area contributed by atoms with Gasteiger partial charge in [0, 0.05) is 18.6 Å². The lowest BCUT2D eigenvalue weighted by atomic mass is 10.1. The van der Waals surface area contributed by atoms with E-state index in [0.29, 0.717) is 6.42 Å². The third kappa shape index (κ3) is 16.3. The van der Waals surface area contributed by atoms with Crippen molar-refractivity contribution in [3.05, 3.63) is 9.57 Å². The van der Waals surface area contributed by atoms with Crippen molar-refractivity contribution in [2.24, 2.45) is 0 Å². The number of hydrogen-bond acceptors (Lipinski definition) is 3. The number of halogens is 4. The predicted octanol–water partition coefficient (Wildman–Crippen LogP) is 7.30. The molecule has 0 aliphatic heterocycles. The highest BCUT2D eigenvalue weighted by molar-refractivity contribution is 8.01. The first-order chi connectivity index (χ1) is 10.9. The molecule has 0 aliphatic rings. The van der Waals surface area contributed by atoms with E-state index in [1.807, 2.05) is 34.4 Å². The minimum atomic E-state index is -6.00. The van der Waals surface area contributed by atoms with Crippen LogP contribution in [0, 0.1) is 11.3 Å². The molecule has 0 amide bonds. The van der Waals surface area contributed by atoms with E-state index < -0.39 is 7.25 Å². The van der Waals surface area contributed by atoms with Gasteiger partial charge in [-0.2, -0.15) is 5.26 Å². The molecule has 0 aliphatic carbocycles. The Balaban J connectivity index is 0.000000841. The van der Waals surface area contributed by atoms with Crippen LogP contribution in [-0.2, 0) is 6.42 Å². The maximum atomic E-state index is 9.75. The first-order valence-corrected chi connectivity index (χ1v) is 10.4. The lowest BCUT2D eigenvalue weighted by Gasteiger charge is -1.98. The Morgan fingerprint density at radius 2 is 1.78 bits per heavy atom. The minimum absolute atomic E-state index is 0.656. The Hall–Kier alpha value is -0.325. The Bertz CT molecular complexity index is 440. The molecule has 1 rings (SSSR count). The van der Waals surface area contributed by atoms with E-state index in [9.17, 15) is 17.3 Å². The Morgan fingerprint density at radius 3 is 2.39 bits per heavy atom. The maximum Gasteiger partial charge on any atom is 0.673 e. The Morgan fingerprint density at radius 1 is 1.17 bits per heavy atom. The summed E-state index contributed by atoms with van der Waals surface area (Å²) in [5.74, 6) is 0.938. The first kappa shape index (κ1) is 22.7. The van der Waals surface area contributed by atoms with Gasteiger partial charge in [-0.15, -0.1) is 0 Å². The highest BCUT2D eigenvalue weighted by atomic mass is 32.2. The van der Waals surface area contributed by atoms with Gasteiger partial charge in [-0.25, -0.2) is 0 Å². The van der Waals surface area contributed by atoms with Crippen molar-refractivity contribution in [1.29, 1.82) is 5.26 Å². The van der Waals surface area contributed by atoms with Crippen molar-refractivity contribution < 1.29 is 17.3 Å². The molecule has 0 aromatic carbocycles. The van der Waals surface area contributed by atoms with Crippen LogP contribution in [0.1, 0.15) is 56.7 Å². The van der Waals surface area contributed by atoms with E-state index in [2.05, 4.69) is 17.7 Å². The summed E-state index contributed by atoms with van der Waals surface area (Å²) in [5.41, 5.74) is 0. The van der Waals surface area contributed by atoms with Crippen molar-refractivity contribution in [2.45, 2.75) is 62.5 Å². The summed E-state index contributed by atoms with van der Waals surface area (Å²) in [7, 11) is -6.00. The van der Waals surface area contributed by atoms with Crippen molar-refractivity contribution in [3.63, 3.8) is 0 Å². The second kappa shape index (κ2) is 14.1. The molecule has 0 atom stereocenters.